The minimum atomic E-state index is -3.88. The van der Waals surface area contributed by atoms with Gasteiger partial charge in [-0.1, -0.05) is 6.92 Å². The van der Waals surface area contributed by atoms with Crippen molar-refractivity contribution in [3.8, 4) is 5.75 Å². The van der Waals surface area contributed by atoms with Crippen LogP contribution in [0.3, 0.4) is 0 Å². The number of phenolic OH excluding ortho intramolecular Hbond substituents is 1. The van der Waals surface area contributed by atoms with Gasteiger partial charge in [0.25, 0.3) is 15.7 Å². The van der Waals surface area contributed by atoms with E-state index in [1.165, 1.54) is 6.07 Å². The first-order valence-electron chi connectivity index (χ1n) is 5.92. The highest BCUT2D eigenvalue weighted by Gasteiger charge is 2.20. The van der Waals surface area contributed by atoms with Crippen LogP contribution in [-0.2, 0) is 16.4 Å². The predicted octanol–water partition coefficient (Wildman–Crippen LogP) is 2.73. The van der Waals surface area contributed by atoms with Crippen LogP contribution < -0.4 is 4.72 Å². The van der Waals surface area contributed by atoms with Crippen molar-refractivity contribution >= 4 is 32.7 Å². The number of nitrogens with one attached hydrogen (secondary N) is 1. The zero-order valence-corrected chi connectivity index (χ0v) is 12.6. The Bertz CT molecular complexity index is 783. The van der Waals surface area contributed by atoms with Crippen LogP contribution >= 0.6 is 11.3 Å². The van der Waals surface area contributed by atoms with Gasteiger partial charge in [-0.05, 0) is 24.6 Å². The number of hydrogen-bond acceptors (Lipinski definition) is 6. The summed E-state index contributed by atoms with van der Waals surface area (Å²) in [4.78, 5) is 10.9. The van der Waals surface area contributed by atoms with Crippen LogP contribution in [0.15, 0.2) is 34.5 Å². The van der Waals surface area contributed by atoms with Crippen LogP contribution in [0.5, 0.6) is 5.75 Å². The van der Waals surface area contributed by atoms with Gasteiger partial charge in [0.1, 0.15) is 9.96 Å². The van der Waals surface area contributed by atoms with Gasteiger partial charge in [0.05, 0.1) is 10.6 Å². The molecule has 0 radical (unpaired) electrons. The molecule has 0 spiro atoms. The molecule has 9 heteroatoms. The Balaban J connectivity index is 2.36. The number of benzene rings is 1. The molecule has 0 saturated heterocycles. The van der Waals surface area contributed by atoms with E-state index in [1.807, 2.05) is 6.92 Å². The zero-order chi connectivity index (χ0) is 15.6. The molecule has 1 heterocycles. The van der Waals surface area contributed by atoms with Gasteiger partial charge in [0.15, 0.2) is 0 Å². The summed E-state index contributed by atoms with van der Waals surface area (Å²) >= 11 is 1.11. The maximum Gasteiger partial charge on any atom is 0.271 e. The van der Waals surface area contributed by atoms with E-state index in [0.29, 0.717) is 6.42 Å². The molecule has 7 nitrogen and oxygen atoms in total. The number of hydrogen-bond donors (Lipinski definition) is 2. The molecule has 2 aromatic rings. The number of nitro benzene ring substituents is 1. The van der Waals surface area contributed by atoms with E-state index in [4.69, 9.17) is 0 Å². The number of aromatic hydroxyl groups is 1. The Hall–Kier alpha value is -2.13. The molecule has 0 aliphatic rings. The summed E-state index contributed by atoms with van der Waals surface area (Å²) in [7, 11) is -3.88. The van der Waals surface area contributed by atoms with Crippen LogP contribution in [0.2, 0.25) is 0 Å². The van der Waals surface area contributed by atoms with Crippen molar-refractivity contribution in [3.63, 3.8) is 0 Å². The molecule has 112 valence electrons. The number of sulfonamides is 1. The summed E-state index contributed by atoms with van der Waals surface area (Å²) in [6, 6.07) is 6.29. The summed E-state index contributed by atoms with van der Waals surface area (Å²) in [5.74, 6) is -0.378. The number of thiophene rings is 1. The van der Waals surface area contributed by atoms with Crippen LogP contribution in [0, 0.1) is 10.1 Å². The number of aryl methyl sites for hydroxylation is 1. The Kier molecular flexibility index (Phi) is 4.14. The molecule has 2 N–H and O–H groups in total. The average molecular weight is 328 g/mol. The van der Waals surface area contributed by atoms with E-state index >= 15 is 0 Å². The SMILES string of the molecule is CCc1ccc(S(=O)(=O)Nc2cc([N+](=O)[O-])ccc2O)s1. The third-order valence-corrected chi connectivity index (χ3v) is 5.77. The van der Waals surface area contributed by atoms with Crippen molar-refractivity contribution in [2.24, 2.45) is 0 Å². The second-order valence-electron chi connectivity index (χ2n) is 4.14. The van der Waals surface area contributed by atoms with Crippen molar-refractivity contribution in [1.29, 1.82) is 0 Å². The van der Waals surface area contributed by atoms with Crippen molar-refractivity contribution in [2.45, 2.75) is 17.6 Å². The highest BCUT2D eigenvalue weighted by Crippen LogP contribution is 2.31. The number of phenols is 1. The summed E-state index contributed by atoms with van der Waals surface area (Å²) in [5.41, 5.74) is -0.540. The second kappa shape index (κ2) is 5.70. The molecule has 1 aromatic heterocycles. The van der Waals surface area contributed by atoms with Gasteiger partial charge in [0, 0.05) is 17.0 Å². The largest absolute Gasteiger partial charge is 0.506 e. The summed E-state index contributed by atoms with van der Waals surface area (Å²) in [6.07, 6.45) is 0.711. The van der Waals surface area contributed by atoms with Crippen molar-refractivity contribution < 1.29 is 18.4 Å². The quantitative estimate of drug-likeness (QED) is 0.498. The van der Waals surface area contributed by atoms with E-state index in [0.717, 1.165) is 34.4 Å². The summed E-state index contributed by atoms with van der Waals surface area (Å²) < 4.78 is 26.6. The topological polar surface area (TPSA) is 110 Å². The smallest absolute Gasteiger partial charge is 0.271 e. The number of rotatable bonds is 5. The van der Waals surface area contributed by atoms with Gasteiger partial charge in [-0.3, -0.25) is 14.8 Å². The fourth-order valence-corrected chi connectivity index (χ4v) is 3.97. The number of nitro groups is 1. The van der Waals surface area contributed by atoms with Gasteiger partial charge in [-0.2, -0.15) is 0 Å². The lowest BCUT2D eigenvalue weighted by molar-refractivity contribution is -0.384. The van der Waals surface area contributed by atoms with Gasteiger partial charge >= 0.3 is 0 Å². The van der Waals surface area contributed by atoms with Gasteiger partial charge < -0.3 is 5.11 Å². The molecular formula is C12H12N2O5S2. The fraction of sp³-hybridized carbons (Fsp3) is 0.167. The van der Waals surface area contributed by atoms with Crippen LogP contribution in [0.1, 0.15) is 11.8 Å². The Morgan fingerprint density at radius 3 is 2.62 bits per heavy atom. The Morgan fingerprint density at radius 1 is 1.33 bits per heavy atom. The highest BCUT2D eigenvalue weighted by atomic mass is 32.2. The molecular weight excluding hydrogens is 316 g/mol. The molecule has 0 unspecified atom stereocenters. The standard InChI is InChI=1S/C12H12N2O5S2/c1-2-9-4-6-12(20-9)21(18,19)13-10-7-8(14(16)17)3-5-11(10)15/h3-7,13,15H,2H2,1H3. The molecule has 0 fully saturated rings. The minimum absolute atomic E-state index is 0.0882. The molecule has 0 saturated carbocycles. The normalized spacial score (nSPS) is 11.3. The third kappa shape index (κ3) is 3.31. The molecule has 1 aromatic carbocycles. The van der Waals surface area contributed by atoms with Crippen molar-refractivity contribution in [1.82, 2.24) is 0 Å². The number of non-ortho nitro benzene ring substituents is 1. The first kappa shape index (κ1) is 15.3. The van der Waals surface area contributed by atoms with Gasteiger partial charge in [-0.25, -0.2) is 8.42 Å². The van der Waals surface area contributed by atoms with E-state index in [2.05, 4.69) is 4.72 Å². The minimum Gasteiger partial charge on any atom is -0.506 e. The van der Waals surface area contributed by atoms with E-state index in [-0.39, 0.29) is 21.3 Å². The second-order valence-corrected chi connectivity index (χ2v) is 7.22. The lowest BCUT2D eigenvalue weighted by Gasteiger charge is -2.07. The molecule has 21 heavy (non-hydrogen) atoms. The van der Waals surface area contributed by atoms with E-state index in [9.17, 15) is 23.6 Å². The lowest BCUT2D eigenvalue weighted by atomic mass is 10.2. The monoisotopic (exact) mass is 328 g/mol. The summed E-state index contributed by atoms with van der Waals surface area (Å²) in [5, 5.41) is 20.3. The predicted molar refractivity (Wildman–Crippen MR) is 79.3 cm³/mol. The molecule has 2 rings (SSSR count). The van der Waals surface area contributed by atoms with Crippen LogP contribution in [0.25, 0.3) is 0 Å². The van der Waals surface area contributed by atoms with E-state index < -0.39 is 14.9 Å². The molecule has 0 atom stereocenters. The first-order valence-corrected chi connectivity index (χ1v) is 8.22. The van der Waals surface area contributed by atoms with Gasteiger partial charge in [0.2, 0.25) is 0 Å². The number of anilines is 1. The molecule has 0 aliphatic heterocycles. The third-order valence-electron chi connectivity index (χ3n) is 2.69. The van der Waals surface area contributed by atoms with Crippen molar-refractivity contribution in [2.75, 3.05) is 4.72 Å². The molecule has 0 bridgehead atoms. The molecule has 0 aliphatic carbocycles. The lowest BCUT2D eigenvalue weighted by Crippen LogP contribution is -2.11. The Labute approximate surface area is 125 Å². The zero-order valence-electron chi connectivity index (χ0n) is 10.9. The van der Waals surface area contributed by atoms with E-state index in [1.54, 1.807) is 6.07 Å². The summed E-state index contributed by atoms with van der Waals surface area (Å²) in [6.45, 7) is 1.90. The van der Waals surface area contributed by atoms with Crippen LogP contribution in [0.4, 0.5) is 11.4 Å². The van der Waals surface area contributed by atoms with Crippen molar-refractivity contribution in [3.05, 3.63) is 45.3 Å². The first-order chi connectivity index (χ1) is 9.83. The maximum atomic E-state index is 12.2. The average Bonchev–Trinajstić information content (AvgIpc) is 2.90. The highest BCUT2D eigenvalue weighted by molar-refractivity contribution is 7.94. The number of nitrogens with zero attached hydrogens (tertiary/aromatic N) is 1. The van der Waals surface area contributed by atoms with Gasteiger partial charge in [-0.15, -0.1) is 11.3 Å². The maximum absolute atomic E-state index is 12.2. The molecule has 0 amide bonds. The fourth-order valence-electron chi connectivity index (χ4n) is 1.61. The Morgan fingerprint density at radius 2 is 2.05 bits per heavy atom. The van der Waals surface area contributed by atoms with Crippen LogP contribution in [-0.4, -0.2) is 18.4 Å².